The molecule has 18 heavy (non-hydrogen) atoms. The van der Waals surface area contributed by atoms with Crippen LogP contribution in [0.2, 0.25) is 0 Å². The number of anilines is 1. The van der Waals surface area contributed by atoms with Gasteiger partial charge in [-0.2, -0.15) is 0 Å². The molecule has 0 amide bonds. The molecule has 4 heteroatoms. The molecule has 2 nitrogen and oxygen atoms in total. The Labute approximate surface area is 118 Å². The standard InChI is InChI=1S/C14H13BrN2S/c1-9(14-12(15)5-7-18-14)17-11-2-3-13-10(8-11)4-6-16-13/h2-9,16-17H,1H3. The molecular weight excluding hydrogens is 308 g/mol. The smallest absolute Gasteiger partial charge is 0.0589 e. The van der Waals surface area contributed by atoms with E-state index in [-0.39, 0.29) is 0 Å². The van der Waals surface area contributed by atoms with Crippen LogP contribution in [0.25, 0.3) is 10.9 Å². The Hall–Kier alpha value is -1.26. The highest BCUT2D eigenvalue weighted by atomic mass is 79.9. The van der Waals surface area contributed by atoms with E-state index in [9.17, 15) is 0 Å². The lowest BCUT2D eigenvalue weighted by molar-refractivity contribution is 0.904. The highest BCUT2D eigenvalue weighted by molar-refractivity contribution is 9.10. The van der Waals surface area contributed by atoms with E-state index in [1.54, 1.807) is 11.3 Å². The summed E-state index contributed by atoms with van der Waals surface area (Å²) in [4.78, 5) is 4.53. The molecule has 0 fully saturated rings. The summed E-state index contributed by atoms with van der Waals surface area (Å²) in [6.45, 7) is 2.18. The number of rotatable bonds is 3. The van der Waals surface area contributed by atoms with Gasteiger partial charge < -0.3 is 10.3 Å². The fourth-order valence-corrected chi connectivity index (χ4v) is 3.80. The minimum absolute atomic E-state index is 0.302. The van der Waals surface area contributed by atoms with Crippen LogP contribution >= 0.6 is 27.3 Å². The number of hydrogen-bond acceptors (Lipinski definition) is 2. The fraction of sp³-hybridized carbons (Fsp3) is 0.143. The first kappa shape index (κ1) is 11.8. The van der Waals surface area contributed by atoms with Gasteiger partial charge in [0.25, 0.3) is 0 Å². The maximum Gasteiger partial charge on any atom is 0.0589 e. The summed E-state index contributed by atoms with van der Waals surface area (Å²) in [6.07, 6.45) is 1.97. The van der Waals surface area contributed by atoms with Crippen LogP contribution in [0.3, 0.4) is 0 Å². The normalized spacial score (nSPS) is 12.8. The summed E-state index contributed by atoms with van der Waals surface area (Å²) < 4.78 is 1.18. The van der Waals surface area contributed by atoms with Crippen molar-refractivity contribution in [3.05, 3.63) is 51.3 Å². The van der Waals surface area contributed by atoms with Gasteiger partial charge in [-0.3, -0.25) is 0 Å². The number of hydrogen-bond donors (Lipinski definition) is 2. The molecule has 92 valence electrons. The molecule has 2 N–H and O–H groups in total. The first-order valence-corrected chi connectivity index (χ1v) is 7.48. The molecular formula is C14H13BrN2S. The first-order valence-electron chi connectivity index (χ1n) is 5.80. The van der Waals surface area contributed by atoms with Crippen LogP contribution in [-0.2, 0) is 0 Å². The third kappa shape index (κ3) is 2.18. The number of fused-ring (bicyclic) bond motifs is 1. The predicted octanol–water partition coefficient (Wildman–Crippen LogP) is 5.17. The number of halogens is 1. The number of aromatic amines is 1. The average molecular weight is 321 g/mol. The highest BCUT2D eigenvalue weighted by Crippen LogP contribution is 2.31. The molecule has 1 atom stereocenters. The van der Waals surface area contributed by atoms with Gasteiger partial charge >= 0.3 is 0 Å². The average Bonchev–Trinajstić information content (AvgIpc) is 2.96. The molecule has 0 radical (unpaired) electrons. The summed E-state index contributed by atoms with van der Waals surface area (Å²) in [5.74, 6) is 0. The van der Waals surface area contributed by atoms with E-state index in [4.69, 9.17) is 0 Å². The van der Waals surface area contributed by atoms with Crippen LogP contribution in [-0.4, -0.2) is 4.98 Å². The second-order valence-electron chi connectivity index (χ2n) is 4.28. The van der Waals surface area contributed by atoms with Crippen molar-refractivity contribution in [1.82, 2.24) is 4.98 Å². The van der Waals surface area contributed by atoms with Crippen molar-refractivity contribution in [2.24, 2.45) is 0 Å². The van der Waals surface area contributed by atoms with Gasteiger partial charge in [0.05, 0.1) is 6.04 Å². The Morgan fingerprint density at radius 1 is 1.28 bits per heavy atom. The molecule has 0 aliphatic heterocycles. The predicted molar refractivity (Wildman–Crippen MR) is 82.4 cm³/mol. The summed E-state index contributed by atoms with van der Waals surface area (Å²) in [6, 6.07) is 10.9. The van der Waals surface area contributed by atoms with E-state index in [0.717, 1.165) is 5.69 Å². The zero-order chi connectivity index (χ0) is 12.5. The number of thiophene rings is 1. The van der Waals surface area contributed by atoms with Crippen LogP contribution < -0.4 is 5.32 Å². The van der Waals surface area contributed by atoms with Gasteiger partial charge in [-0.1, -0.05) is 0 Å². The quantitative estimate of drug-likeness (QED) is 0.685. The molecule has 1 aromatic carbocycles. The van der Waals surface area contributed by atoms with E-state index >= 15 is 0 Å². The van der Waals surface area contributed by atoms with Crippen molar-refractivity contribution in [3.63, 3.8) is 0 Å². The van der Waals surface area contributed by atoms with Gasteiger partial charge in [-0.15, -0.1) is 11.3 Å². The van der Waals surface area contributed by atoms with E-state index in [1.165, 1.54) is 20.3 Å². The van der Waals surface area contributed by atoms with E-state index in [0.29, 0.717) is 6.04 Å². The van der Waals surface area contributed by atoms with E-state index in [2.05, 4.69) is 68.9 Å². The zero-order valence-electron chi connectivity index (χ0n) is 9.91. The molecule has 0 spiro atoms. The molecule has 0 aliphatic rings. The zero-order valence-corrected chi connectivity index (χ0v) is 12.3. The van der Waals surface area contributed by atoms with Crippen LogP contribution in [0.4, 0.5) is 5.69 Å². The van der Waals surface area contributed by atoms with Crippen LogP contribution in [0, 0.1) is 0 Å². The second kappa shape index (κ2) is 4.78. The van der Waals surface area contributed by atoms with Crippen molar-refractivity contribution >= 4 is 43.9 Å². The van der Waals surface area contributed by atoms with Crippen molar-refractivity contribution in [2.75, 3.05) is 5.32 Å². The summed E-state index contributed by atoms with van der Waals surface area (Å²) in [5.41, 5.74) is 2.32. The maximum atomic E-state index is 3.58. The molecule has 2 aromatic heterocycles. The SMILES string of the molecule is CC(Nc1ccc2[nH]ccc2c1)c1sccc1Br. The van der Waals surface area contributed by atoms with Gasteiger partial charge in [0.15, 0.2) is 0 Å². The van der Waals surface area contributed by atoms with Crippen LogP contribution in [0.1, 0.15) is 17.8 Å². The molecule has 3 aromatic rings. The summed E-state index contributed by atoms with van der Waals surface area (Å²) in [5, 5.41) is 6.87. The Bertz CT molecular complexity index is 671. The van der Waals surface area contributed by atoms with Gasteiger partial charge in [-0.25, -0.2) is 0 Å². The largest absolute Gasteiger partial charge is 0.378 e. The maximum absolute atomic E-state index is 3.58. The highest BCUT2D eigenvalue weighted by Gasteiger charge is 2.10. The fourth-order valence-electron chi connectivity index (χ4n) is 2.07. The number of H-pyrrole nitrogens is 1. The third-order valence-electron chi connectivity index (χ3n) is 2.97. The molecule has 0 saturated carbocycles. The van der Waals surface area contributed by atoms with Crippen LogP contribution in [0.15, 0.2) is 46.4 Å². The van der Waals surface area contributed by atoms with Crippen molar-refractivity contribution < 1.29 is 0 Å². The van der Waals surface area contributed by atoms with Gasteiger partial charge in [0.2, 0.25) is 0 Å². The third-order valence-corrected chi connectivity index (χ3v) is 5.03. The number of aromatic nitrogens is 1. The van der Waals surface area contributed by atoms with Crippen molar-refractivity contribution in [2.45, 2.75) is 13.0 Å². The van der Waals surface area contributed by atoms with Gasteiger partial charge in [0.1, 0.15) is 0 Å². The van der Waals surface area contributed by atoms with E-state index < -0.39 is 0 Å². The Morgan fingerprint density at radius 3 is 2.94 bits per heavy atom. The lowest BCUT2D eigenvalue weighted by Gasteiger charge is -2.14. The minimum atomic E-state index is 0.302. The molecule has 3 rings (SSSR count). The van der Waals surface area contributed by atoms with Crippen LogP contribution in [0.5, 0.6) is 0 Å². The van der Waals surface area contributed by atoms with E-state index in [1.807, 2.05) is 6.20 Å². The topological polar surface area (TPSA) is 27.8 Å². The van der Waals surface area contributed by atoms with Crippen molar-refractivity contribution in [1.29, 1.82) is 0 Å². The Morgan fingerprint density at radius 2 is 2.17 bits per heavy atom. The lowest BCUT2D eigenvalue weighted by Crippen LogP contribution is -2.05. The lowest BCUT2D eigenvalue weighted by atomic mass is 10.2. The Kier molecular flexibility index (Phi) is 3.14. The second-order valence-corrected chi connectivity index (χ2v) is 6.08. The first-order chi connectivity index (χ1) is 8.74. The van der Waals surface area contributed by atoms with Gasteiger partial charge in [-0.05, 0) is 58.6 Å². The molecule has 0 aliphatic carbocycles. The Balaban J connectivity index is 1.85. The molecule has 2 heterocycles. The number of nitrogens with one attached hydrogen (secondary N) is 2. The summed E-state index contributed by atoms with van der Waals surface area (Å²) >= 11 is 5.35. The molecule has 1 unspecified atom stereocenters. The molecule has 0 saturated heterocycles. The minimum Gasteiger partial charge on any atom is -0.378 e. The number of benzene rings is 1. The van der Waals surface area contributed by atoms with Gasteiger partial charge in [0, 0.05) is 32.1 Å². The van der Waals surface area contributed by atoms with Crippen molar-refractivity contribution in [3.8, 4) is 0 Å². The summed E-state index contributed by atoms with van der Waals surface area (Å²) in [7, 11) is 0. The molecule has 0 bridgehead atoms. The monoisotopic (exact) mass is 320 g/mol.